The van der Waals surface area contributed by atoms with E-state index < -0.39 is 4.92 Å². The van der Waals surface area contributed by atoms with Crippen molar-refractivity contribution in [3.8, 4) is 17.2 Å². The molecule has 0 saturated heterocycles. The van der Waals surface area contributed by atoms with Crippen LogP contribution in [0.5, 0.6) is 17.2 Å². The van der Waals surface area contributed by atoms with Gasteiger partial charge in [-0.3, -0.25) is 14.9 Å². The summed E-state index contributed by atoms with van der Waals surface area (Å²) in [5.41, 5.74) is 3.89. The van der Waals surface area contributed by atoms with Gasteiger partial charge in [0, 0.05) is 12.1 Å². The third-order valence-electron chi connectivity index (χ3n) is 4.25. The van der Waals surface area contributed by atoms with E-state index in [0.717, 1.165) is 5.56 Å². The zero-order valence-corrected chi connectivity index (χ0v) is 17.3. The number of hydrogen-bond donors (Lipinski definition) is 1. The molecular weight excluding hydrogens is 414 g/mol. The third-order valence-corrected chi connectivity index (χ3v) is 4.25. The van der Waals surface area contributed by atoms with Gasteiger partial charge in [0.2, 0.25) is 0 Å². The van der Waals surface area contributed by atoms with Crippen molar-refractivity contribution in [2.45, 2.75) is 6.61 Å². The van der Waals surface area contributed by atoms with Gasteiger partial charge in [-0.25, -0.2) is 5.43 Å². The summed E-state index contributed by atoms with van der Waals surface area (Å²) in [6.07, 6.45) is 1.48. The topological polar surface area (TPSA) is 112 Å². The molecule has 1 amide bonds. The van der Waals surface area contributed by atoms with Gasteiger partial charge in [0.15, 0.2) is 18.1 Å². The number of benzene rings is 3. The maximum atomic E-state index is 11.8. The van der Waals surface area contributed by atoms with E-state index in [-0.39, 0.29) is 24.8 Å². The Kier molecular flexibility index (Phi) is 7.74. The average Bonchev–Trinajstić information content (AvgIpc) is 2.82. The Morgan fingerprint density at radius 1 is 1.03 bits per heavy atom. The highest BCUT2D eigenvalue weighted by Gasteiger charge is 2.08. The number of ether oxygens (including phenoxy) is 3. The normalized spacial score (nSPS) is 10.5. The molecule has 3 aromatic rings. The number of nitrogens with zero attached hydrogens (tertiary/aromatic N) is 2. The smallest absolute Gasteiger partial charge is 0.277 e. The summed E-state index contributed by atoms with van der Waals surface area (Å²) in [4.78, 5) is 22.1. The Hall–Kier alpha value is -4.40. The van der Waals surface area contributed by atoms with Crippen LogP contribution in [0.25, 0.3) is 0 Å². The number of nitro groups is 1. The molecule has 0 atom stereocenters. The van der Waals surface area contributed by atoms with Crippen LogP contribution in [0.15, 0.2) is 77.9 Å². The maximum absolute atomic E-state index is 11.8. The highest BCUT2D eigenvalue weighted by Crippen LogP contribution is 2.28. The molecule has 0 spiro atoms. The lowest BCUT2D eigenvalue weighted by atomic mass is 10.2. The fourth-order valence-electron chi connectivity index (χ4n) is 2.64. The van der Waals surface area contributed by atoms with Gasteiger partial charge in [0.1, 0.15) is 12.4 Å². The fraction of sp³-hybridized carbons (Fsp3) is 0.130. The molecule has 0 fully saturated rings. The highest BCUT2D eigenvalue weighted by atomic mass is 16.6. The van der Waals surface area contributed by atoms with Crippen molar-refractivity contribution in [3.05, 3.63) is 94.0 Å². The zero-order valence-electron chi connectivity index (χ0n) is 17.3. The predicted molar refractivity (Wildman–Crippen MR) is 118 cm³/mol. The van der Waals surface area contributed by atoms with Gasteiger partial charge in [0.25, 0.3) is 11.6 Å². The molecular formula is C23H21N3O6. The molecule has 9 heteroatoms. The third kappa shape index (κ3) is 6.56. The van der Waals surface area contributed by atoms with E-state index in [4.69, 9.17) is 14.2 Å². The number of para-hydroxylation sites is 1. The first-order valence-electron chi connectivity index (χ1n) is 9.59. The van der Waals surface area contributed by atoms with Gasteiger partial charge >= 0.3 is 0 Å². The molecule has 0 aliphatic carbocycles. The van der Waals surface area contributed by atoms with Crippen molar-refractivity contribution in [3.63, 3.8) is 0 Å². The molecule has 3 rings (SSSR count). The maximum Gasteiger partial charge on any atom is 0.277 e. The van der Waals surface area contributed by atoms with Gasteiger partial charge in [-0.15, -0.1) is 0 Å². The van der Waals surface area contributed by atoms with Crippen molar-refractivity contribution in [1.29, 1.82) is 0 Å². The summed E-state index contributed by atoms with van der Waals surface area (Å²) in [7, 11) is 1.51. The number of carbonyl (C=O) groups is 1. The number of nitro benzene ring substituents is 1. The second-order valence-corrected chi connectivity index (χ2v) is 6.52. The number of hydrazone groups is 1. The molecule has 0 aliphatic heterocycles. The minimum absolute atomic E-state index is 0.0219. The van der Waals surface area contributed by atoms with Crippen LogP contribution in [0.4, 0.5) is 5.69 Å². The Bertz CT molecular complexity index is 1080. The van der Waals surface area contributed by atoms with Crippen molar-refractivity contribution >= 4 is 17.8 Å². The summed E-state index contributed by atoms with van der Waals surface area (Å²) in [5.74, 6) is 1.19. The van der Waals surface area contributed by atoms with Crippen molar-refractivity contribution < 1.29 is 23.9 Å². The molecule has 3 aromatic carbocycles. The van der Waals surface area contributed by atoms with Crippen LogP contribution in [-0.4, -0.2) is 30.8 Å². The Morgan fingerprint density at radius 3 is 2.47 bits per heavy atom. The SMILES string of the molecule is COc1cc(/C=N\NC(=O)COc2ccccc2)ccc1OCc1ccc([N+](=O)[O-])cc1. The zero-order chi connectivity index (χ0) is 22.8. The predicted octanol–water partition coefficient (Wildman–Crippen LogP) is 3.71. The van der Waals surface area contributed by atoms with E-state index in [1.54, 1.807) is 42.5 Å². The van der Waals surface area contributed by atoms with Crippen LogP contribution in [-0.2, 0) is 11.4 Å². The largest absolute Gasteiger partial charge is 0.493 e. The summed E-state index contributed by atoms with van der Waals surface area (Å²) < 4.78 is 16.5. The van der Waals surface area contributed by atoms with Crippen LogP contribution in [0, 0.1) is 10.1 Å². The van der Waals surface area contributed by atoms with Gasteiger partial charge in [0.05, 0.1) is 18.2 Å². The van der Waals surface area contributed by atoms with Crippen molar-refractivity contribution in [1.82, 2.24) is 5.43 Å². The minimum Gasteiger partial charge on any atom is -0.493 e. The number of non-ortho nitro benzene ring substituents is 1. The first-order valence-corrected chi connectivity index (χ1v) is 9.59. The van der Waals surface area contributed by atoms with E-state index in [1.807, 2.05) is 18.2 Å². The van der Waals surface area contributed by atoms with E-state index >= 15 is 0 Å². The molecule has 0 aromatic heterocycles. The van der Waals surface area contributed by atoms with E-state index in [1.165, 1.54) is 25.5 Å². The summed E-state index contributed by atoms with van der Waals surface area (Å²) in [6.45, 7) is 0.0688. The van der Waals surface area contributed by atoms with Crippen LogP contribution < -0.4 is 19.6 Å². The van der Waals surface area contributed by atoms with E-state index in [2.05, 4.69) is 10.5 Å². The Labute approximate surface area is 184 Å². The lowest BCUT2D eigenvalue weighted by Gasteiger charge is -2.11. The van der Waals surface area contributed by atoms with Gasteiger partial charge in [-0.2, -0.15) is 5.10 Å². The molecule has 0 bridgehead atoms. The van der Waals surface area contributed by atoms with Crippen LogP contribution in [0.3, 0.4) is 0 Å². The molecule has 164 valence electrons. The first kappa shape index (κ1) is 22.3. The lowest BCUT2D eigenvalue weighted by Crippen LogP contribution is -2.24. The summed E-state index contributed by atoms with van der Waals surface area (Å²) >= 11 is 0. The number of amides is 1. The highest BCUT2D eigenvalue weighted by molar-refractivity contribution is 5.83. The molecule has 0 aliphatic rings. The summed E-state index contributed by atoms with van der Waals surface area (Å²) in [6, 6.07) is 20.3. The van der Waals surface area contributed by atoms with Gasteiger partial charge < -0.3 is 14.2 Å². The molecule has 0 radical (unpaired) electrons. The molecule has 9 nitrogen and oxygen atoms in total. The van der Waals surface area contributed by atoms with Crippen LogP contribution in [0.2, 0.25) is 0 Å². The second-order valence-electron chi connectivity index (χ2n) is 6.52. The number of carbonyl (C=O) groups excluding carboxylic acids is 1. The lowest BCUT2D eigenvalue weighted by molar-refractivity contribution is -0.384. The standard InChI is InChI=1S/C23H21N3O6/c1-30-22-13-18(14-24-25-23(27)16-31-20-5-3-2-4-6-20)9-12-21(22)32-15-17-7-10-19(11-8-17)26(28)29/h2-14H,15-16H2,1H3,(H,25,27)/b24-14-. The number of nitrogens with one attached hydrogen (secondary N) is 1. The number of rotatable bonds is 10. The van der Waals surface area contributed by atoms with Gasteiger partial charge in [-0.1, -0.05) is 18.2 Å². The monoisotopic (exact) mass is 435 g/mol. The van der Waals surface area contributed by atoms with E-state index in [0.29, 0.717) is 22.8 Å². The quantitative estimate of drug-likeness (QED) is 0.295. The minimum atomic E-state index is -0.452. The first-order chi connectivity index (χ1) is 15.5. The second kappa shape index (κ2) is 11.1. The van der Waals surface area contributed by atoms with Crippen molar-refractivity contribution in [2.24, 2.45) is 5.10 Å². The molecule has 0 saturated carbocycles. The number of methoxy groups -OCH3 is 1. The Morgan fingerprint density at radius 2 is 1.78 bits per heavy atom. The molecule has 1 N–H and O–H groups in total. The fourth-order valence-corrected chi connectivity index (χ4v) is 2.64. The van der Waals surface area contributed by atoms with Crippen LogP contribution >= 0.6 is 0 Å². The van der Waals surface area contributed by atoms with Gasteiger partial charge in [-0.05, 0) is 53.6 Å². The molecule has 0 heterocycles. The van der Waals surface area contributed by atoms with Crippen LogP contribution in [0.1, 0.15) is 11.1 Å². The number of hydrogen-bond acceptors (Lipinski definition) is 7. The van der Waals surface area contributed by atoms with E-state index in [9.17, 15) is 14.9 Å². The average molecular weight is 435 g/mol. The van der Waals surface area contributed by atoms with Crippen molar-refractivity contribution in [2.75, 3.05) is 13.7 Å². The molecule has 0 unspecified atom stereocenters. The summed E-state index contributed by atoms with van der Waals surface area (Å²) in [5, 5.41) is 14.6. The Balaban J connectivity index is 1.52. The molecule has 32 heavy (non-hydrogen) atoms.